The Morgan fingerprint density at radius 1 is 1.40 bits per heavy atom. The summed E-state index contributed by atoms with van der Waals surface area (Å²) in [6.45, 7) is 1.82. The molecule has 8 nitrogen and oxygen atoms in total. The Kier molecular flexibility index (Phi) is 5.05. The van der Waals surface area contributed by atoms with Crippen molar-refractivity contribution in [2.24, 2.45) is 5.10 Å². The number of carbonyl (C=O) groups excluding carboxylic acids is 1. The van der Waals surface area contributed by atoms with Crippen molar-refractivity contribution in [1.29, 1.82) is 0 Å². The quantitative estimate of drug-likeness (QED) is 0.523. The van der Waals surface area contributed by atoms with Gasteiger partial charge in [-0.2, -0.15) is 10.2 Å². The highest BCUT2D eigenvalue weighted by molar-refractivity contribution is 7.15. The van der Waals surface area contributed by atoms with Gasteiger partial charge in [-0.1, -0.05) is 41.1 Å². The van der Waals surface area contributed by atoms with Gasteiger partial charge in [-0.05, 0) is 19.1 Å². The molecule has 128 valence electrons. The highest BCUT2D eigenvalue weighted by Gasteiger charge is 2.13. The maximum atomic E-state index is 11.8. The fourth-order valence-corrected chi connectivity index (χ4v) is 3.01. The maximum Gasteiger partial charge on any atom is 0.247 e. The van der Waals surface area contributed by atoms with E-state index in [2.05, 4.69) is 25.8 Å². The number of aromatic nitrogens is 4. The Morgan fingerprint density at radius 3 is 2.84 bits per heavy atom. The van der Waals surface area contributed by atoms with E-state index in [9.17, 15) is 4.79 Å². The molecular formula is C15H14ClN7OS. The molecule has 10 heteroatoms. The van der Waals surface area contributed by atoms with Gasteiger partial charge in [0.25, 0.3) is 0 Å². The van der Waals surface area contributed by atoms with E-state index in [1.165, 1.54) is 6.21 Å². The molecule has 0 radical (unpaired) electrons. The number of carbonyl (C=O) groups is 1. The lowest BCUT2D eigenvalue weighted by Crippen LogP contribution is -2.19. The van der Waals surface area contributed by atoms with Crippen LogP contribution in [0.25, 0.3) is 5.69 Å². The van der Waals surface area contributed by atoms with Gasteiger partial charge in [-0.25, -0.2) is 10.1 Å². The molecule has 1 aromatic carbocycles. The minimum Gasteiger partial charge on any atom is -0.374 e. The van der Waals surface area contributed by atoms with Crippen molar-refractivity contribution in [3.05, 3.63) is 51.7 Å². The normalized spacial score (nSPS) is 11.1. The number of para-hydroxylation sites is 1. The molecule has 0 fully saturated rings. The predicted molar refractivity (Wildman–Crippen MR) is 97.1 cm³/mol. The second-order valence-electron chi connectivity index (χ2n) is 5.04. The van der Waals surface area contributed by atoms with Crippen LogP contribution in [0.5, 0.6) is 0 Å². The number of anilines is 1. The monoisotopic (exact) mass is 375 g/mol. The van der Waals surface area contributed by atoms with Crippen molar-refractivity contribution in [2.45, 2.75) is 13.3 Å². The van der Waals surface area contributed by atoms with Gasteiger partial charge in [0.15, 0.2) is 0 Å². The molecule has 25 heavy (non-hydrogen) atoms. The molecule has 0 atom stereocenters. The molecule has 2 heterocycles. The van der Waals surface area contributed by atoms with Gasteiger partial charge in [0.2, 0.25) is 11.0 Å². The summed E-state index contributed by atoms with van der Waals surface area (Å²) < 4.78 is 1.62. The van der Waals surface area contributed by atoms with Crippen molar-refractivity contribution in [3.63, 3.8) is 0 Å². The summed E-state index contributed by atoms with van der Waals surface area (Å²) in [5.74, 6) is -0.323. The van der Waals surface area contributed by atoms with E-state index in [1.54, 1.807) is 4.68 Å². The summed E-state index contributed by atoms with van der Waals surface area (Å²) in [6.07, 6.45) is 1.53. The Bertz CT molecular complexity index is 919. The predicted octanol–water partition coefficient (Wildman–Crippen LogP) is 1.96. The van der Waals surface area contributed by atoms with Crippen LogP contribution in [0, 0.1) is 6.92 Å². The van der Waals surface area contributed by atoms with Crippen LogP contribution < -0.4 is 11.2 Å². The summed E-state index contributed by atoms with van der Waals surface area (Å²) in [7, 11) is 0. The van der Waals surface area contributed by atoms with Gasteiger partial charge in [0, 0.05) is 0 Å². The number of hydrazone groups is 1. The van der Waals surface area contributed by atoms with E-state index in [0.717, 1.165) is 17.0 Å². The number of hydrogen-bond acceptors (Lipinski definition) is 7. The molecule has 3 N–H and O–H groups in total. The largest absolute Gasteiger partial charge is 0.374 e. The van der Waals surface area contributed by atoms with Crippen LogP contribution in [0.4, 0.5) is 5.13 Å². The van der Waals surface area contributed by atoms with Gasteiger partial charge in [-0.15, -0.1) is 10.2 Å². The Balaban J connectivity index is 1.69. The number of hydrogen-bond donors (Lipinski definition) is 2. The van der Waals surface area contributed by atoms with Gasteiger partial charge >= 0.3 is 0 Å². The molecule has 0 spiro atoms. The van der Waals surface area contributed by atoms with E-state index >= 15 is 0 Å². The first-order chi connectivity index (χ1) is 12.0. The zero-order chi connectivity index (χ0) is 17.8. The molecule has 0 saturated heterocycles. The SMILES string of the molecule is Cc1nn(-c2ccccc2)c(Cl)c1/C=N/NC(=O)Cc1nnc(N)s1. The molecule has 3 aromatic rings. The molecule has 3 rings (SSSR count). The fraction of sp³-hybridized carbons (Fsp3) is 0.133. The fourth-order valence-electron chi connectivity index (χ4n) is 2.08. The van der Waals surface area contributed by atoms with Gasteiger partial charge in [0.1, 0.15) is 10.2 Å². The van der Waals surface area contributed by atoms with Gasteiger partial charge < -0.3 is 5.73 Å². The summed E-state index contributed by atoms with van der Waals surface area (Å²) in [5.41, 5.74) is 10.1. The standard InChI is InChI=1S/C15H14ClN7OS/c1-9-11(14(16)23(22-9)10-5-3-2-4-6-10)8-18-19-12(24)7-13-20-21-15(17)25-13/h2-6,8H,7H2,1H3,(H2,17,21)(H,19,24)/b18-8+. The van der Waals surface area contributed by atoms with Crippen molar-refractivity contribution in [3.8, 4) is 5.69 Å². The van der Waals surface area contributed by atoms with Crippen LogP contribution in [-0.2, 0) is 11.2 Å². The van der Waals surface area contributed by atoms with Crippen LogP contribution in [-0.4, -0.2) is 32.1 Å². The van der Waals surface area contributed by atoms with Crippen LogP contribution in [0.3, 0.4) is 0 Å². The Hall–Kier alpha value is -2.78. The number of nitrogens with two attached hydrogens (primary N) is 1. The van der Waals surface area contributed by atoms with Crippen molar-refractivity contribution in [2.75, 3.05) is 5.73 Å². The molecule has 0 unspecified atom stereocenters. The van der Waals surface area contributed by atoms with E-state index in [1.807, 2.05) is 37.3 Å². The Morgan fingerprint density at radius 2 is 2.16 bits per heavy atom. The molecular weight excluding hydrogens is 362 g/mol. The second-order valence-corrected chi connectivity index (χ2v) is 6.49. The molecule has 1 amide bonds. The molecule has 0 saturated carbocycles. The number of nitrogen functional groups attached to an aromatic ring is 1. The first-order valence-corrected chi connectivity index (χ1v) is 8.44. The number of aryl methyl sites for hydroxylation is 1. The third kappa shape index (κ3) is 4.01. The number of halogens is 1. The summed E-state index contributed by atoms with van der Waals surface area (Å²) in [5, 5.41) is 17.0. The van der Waals surface area contributed by atoms with Gasteiger partial charge in [0.05, 0.1) is 29.6 Å². The molecule has 2 aromatic heterocycles. The van der Waals surface area contributed by atoms with Crippen LogP contribution in [0.2, 0.25) is 5.15 Å². The summed E-state index contributed by atoms with van der Waals surface area (Å²) in [6, 6.07) is 9.51. The first-order valence-electron chi connectivity index (χ1n) is 7.25. The lowest BCUT2D eigenvalue weighted by molar-refractivity contribution is -0.120. The minimum atomic E-state index is -0.323. The van der Waals surface area contributed by atoms with Crippen molar-refractivity contribution in [1.82, 2.24) is 25.4 Å². The molecule has 0 aliphatic heterocycles. The maximum absolute atomic E-state index is 11.8. The smallest absolute Gasteiger partial charge is 0.247 e. The van der Waals surface area contributed by atoms with E-state index in [-0.39, 0.29) is 12.3 Å². The number of nitrogens with zero attached hydrogens (tertiary/aromatic N) is 5. The third-order valence-corrected chi connectivity index (χ3v) is 4.34. The zero-order valence-electron chi connectivity index (χ0n) is 13.2. The number of nitrogens with one attached hydrogen (secondary N) is 1. The number of rotatable bonds is 5. The minimum absolute atomic E-state index is 0.0577. The highest BCUT2D eigenvalue weighted by atomic mass is 35.5. The van der Waals surface area contributed by atoms with E-state index < -0.39 is 0 Å². The van der Waals surface area contributed by atoms with Crippen LogP contribution in [0.15, 0.2) is 35.4 Å². The molecule has 0 aliphatic carbocycles. The molecule has 0 aliphatic rings. The van der Waals surface area contributed by atoms with Gasteiger partial charge in [-0.3, -0.25) is 4.79 Å². The van der Waals surface area contributed by atoms with E-state index in [4.69, 9.17) is 17.3 Å². The average Bonchev–Trinajstić information content (AvgIpc) is 3.13. The first kappa shape index (κ1) is 17.1. The highest BCUT2D eigenvalue weighted by Crippen LogP contribution is 2.21. The molecule has 0 bridgehead atoms. The lowest BCUT2D eigenvalue weighted by atomic mass is 10.3. The van der Waals surface area contributed by atoms with Crippen molar-refractivity contribution < 1.29 is 4.79 Å². The second kappa shape index (κ2) is 7.41. The topological polar surface area (TPSA) is 111 Å². The average molecular weight is 376 g/mol. The third-order valence-electron chi connectivity index (χ3n) is 3.23. The van der Waals surface area contributed by atoms with Crippen LogP contribution >= 0.6 is 22.9 Å². The number of amides is 1. The van der Waals surface area contributed by atoms with Crippen molar-refractivity contribution >= 4 is 40.2 Å². The lowest BCUT2D eigenvalue weighted by Gasteiger charge is -2.01. The zero-order valence-corrected chi connectivity index (χ0v) is 14.8. The summed E-state index contributed by atoms with van der Waals surface area (Å²) in [4.78, 5) is 11.8. The van der Waals surface area contributed by atoms with E-state index in [0.29, 0.717) is 26.5 Å². The number of benzene rings is 1. The van der Waals surface area contributed by atoms with Crippen LogP contribution in [0.1, 0.15) is 16.3 Å². The Labute approximate surface area is 152 Å². The summed E-state index contributed by atoms with van der Waals surface area (Å²) >= 11 is 7.54.